The van der Waals surface area contributed by atoms with Crippen molar-refractivity contribution < 1.29 is 28.2 Å². The minimum absolute atomic E-state index is 0.00106. The smallest absolute Gasteiger partial charge is 0.404 e. The highest BCUT2D eigenvalue weighted by molar-refractivity contribution is 6.74. The summed E-state index contributed by atoms with van der Waals surface area (Å²) in [4.78, 5) is 12.3. The summed E-state index contributed by atoms with van der Waals surface area (Å²) in [6.45, 7) is 36.8. The van der Waals surface area contributed by atoms with Gasteiger partial charge in [0.05, 0.1) is 32.0 Å². The minimum atomic E-state index is -2.22. The number of carbonyl (C=O) groups excluding carboxylic acids is 1. The molecule has 50 heavy (non-hydrogen) atoms. The molecule has 1 aromatic rings. The van der Waals surface area contributed by atoms with Gasteiger partial charge in [-0.2, -0.15) is 0 Å². The minimum Gasteiger partial charge on any atom is -0.446 e. The van der Waals surface area contributed by atoms with E-state index in [9.17, 15) is 9.90 Å². The summed E-state index contributed by atoms with van der Waals surface area (Å²) in [7, 11) is -4.29. The van der Waals surface area contributed by atoms with Crippen molar-refractivity contribution in [2.24, 2.45) is 35.3 Å². The molecule has 8 atom stereocenters. The van der Waals surface area contributed by atoms with Crippen molar-refractivity contribution in [1.29, 1.82) is 0 Å². The van der Waals surface area contributed by atoms with Crippen LogP contribution in [-0.4, -0.2) is 59.4 Å². The van der Waals surface area contributed by atoms with Crippen molar-refractivity contribution in [1.82, 2.24) is 0 Å². The lowest BCUT2D eigenvalue weighted by Gasteiger charge is -2.45. The fraction of sp³-hybridized carbons (Fsp3) is 0.732. The highest BCUT2D eigenvalue weighted by Gasteiger charge is 2.45. The van der Waals surface area contributed by atoms with E-state index in [0.29, 0.717) is 13.2 Å². The van der Waals surface area contributed by atoms with Gasteiger partial charge in [0.2, 0.25) is 0 Å². The molecule has 0 radical (unpaired) electrons. The average molecular weight is 734 g/mol. The highest BCUT2D eigenvalue weighted by atomic mass is 28.4. The van der Waals surface area contributed by atoms with Gasteiger partial charge in [-0.3, -0.25) is 0 Å². The number of rotatable bonds is 20. The SMILES string of the molecule is C/C(=C/[C@H](C)[C@@H](O[Si](C)(C)C(C)(C)C)[C@@H](C)/C=C\CO)C[C@H](C)[C@@H](O[Si](C)(C)C(C)(C)C)[C@H](C)[C@@H](OC(N)=O)[C@@H](C)COCc1ccccc1. The van der Waals surface area contributed by atoms with Gasteiger partial charge < -0.3 is 29.2 Å². The molecule has 0 aromatic heterocycles. The van der Waals surface area contributed by atoms with Gasteiger partial charge in [-0.15, -0.1) is 0 Å². The van der Waals surface area contributed by atoms with Crippen molar-refractivity contribution in [2.45, 2.75) is 151 Å². The number of aliphatic hydroxyl groups excluding tert-OH is 1. The maximum Gasteiger partial charge on any atom is 0.404 e. The topological polar surface area (TPSA) is 100 Å². The zero-order valence-corrected chi connectivity index (χ0v) is 36.6. The lowest BCUT2D eigenvalue weighted by Crippen LogP contribution is -2.51. The molecule has 0 heterocycles. The van der Waals surface area contributed by atoms with E-state index in [1.54, 1.807) is 0 Å². The predicted molar refractivity (Wildman–Crippen MR) is 215 cm³/mol. The first-order chi connectivity index (χ1) is 22.8. The quantitative estimate of drug-likeness (QED) is 0.102. The van der Waals surface area contributed by atoms with E-state index in [1.807, 2.05) is 36.4 Å². The van der Waals surface area contributed by atoms with Gasteiger partial charge in [-0.25, -0.2) is 4.79 Å². The molecule has 0 spiro atoms. The summed E-state index contributed by atoms with van der Waals surface area (Å²) in [5, 5.41) is 9.58. The Bertz CT molecular complexity index is 1200. The highest BCUT2D eigenvalue weighted by Crippen LogP contribution is 2.42. The van der Waals surface area contributed by atoms with Crippen LogP contribution in [0.15, 0.2) is 54.1 Å². The third kappa shape index (κ3) is 14.7. The van der Waals surface area contributed by atoms with Gasteiger partial charge in [0.1, 0.15) is 6.10 Å². The lowest BCUT2D eigenvalue weighted by atomic mass is 9.81. The Balaban J connectivity index is 3.43. The Labute approximate surface area is 309 Å². The van der Waals surface area contributed by atoms with E-state index in [0.717, 1.165) is 12.0 Å². The standard InChI is InChI=1S/C41H75NO6Si2/c1-29(25-31(3)36(30(2)21-20-24-43)47-49(13,14)40(7,8)9)26-32(4)38(48-50(15,16)41(10,11)12)34(6)37(46-39(42)44)33(5)27-45-28-35-22-18-17-19-23-35/h17-23,25,30-34,36-38,43H,24,26-28H2,1-16H3,(H2,42,44)/b21-20-,29-25-/t30-,31-,32-,33-,34+,36-,37-,38+/m0/s1. The first-order valence-corrected chi connectivity index (χ1v) is 24.5. The van der Waals surface area contributed by atoms with Crippen LogP contribution in [0, 0.1) is 29.6 Å². The summed E-state index contributed by atoms with van der Waals surface area (Å²) < 4.78 is 26.3. The molecule has 0 saturated heterocycles. The zero-order chi connectivity index (χ0) is 38.7. The van der Waals surface area contributed by atoms with E-state index in [-0.39, 0.29) is 58.5 Å². The maximum atomic E-state index is 12.3. The molecule has 0 aliphatic heterocycles. The summed E-state index contributed by atoms with van der Waals surface area (Å²) in [5.41, 5.74) is 8.05. The van der Waals surface area contributed by atoms with E-state index < -0.39 is 28.8 Å². The third-order valence-electron chi connectivity index (χ3n) is 11.1. The fourth-order valence-electron chi connectivity index (χ4n) is 6.18. The number of carbonyl (C=O) groups is 1. The first kappa shape index (κ1) is 46.3. The molecule has 1 amide bonds. The summed E-state index contributed by atoms with van der Waals surface area (Å²) >= 11 is 0. The molecule has 0 aliphatic carbocycles. The van der Waals surface area contributed by atoms with Crippen molar-refractivity contribution in [3.63, 3.8) is 0 Å². The Morgan fingerprint density at radius 3 is 1.82 bits per heavy atom. The number of benzene rings is 1. The monoisotopic (exact) mass is 734 g/mol. The summed E-state index contributed by atoms with van der Waals surface area (Å²) in [5.74, 6) is 0.188. The van der Waals surface area contributed by atoms with Crippen molar-refractivity contribution in [2.75, 3.05) is 13.2 Å². The van der Waals surface area contributed by atoms with Gasteiger partial charge in [0.25, 0.3) is 0 Å². The number of primary amides is 1. The van der Waals surface area contributed by atoms with Crippen LogP contribution < -0.4 is 5.73 Å². The van der Waals surface area contributed by atoms with E-state index >= 15 is 0 Å². The lowest BCUT2D eigenvalue weighted by molar-refractivity contribution is -0.0492. The third-order valence-corrected chi connectivity index (χ3v) is 20.1. The van der Waals surface area contributed by atoms with Crippen LogP contribution in [0.4, 0.5) is 4.79 Å². The molecule has 1 rings (SSSR count). The van der Waals surface area contributed by atoms with Crippen LogP contribution in [0.5, 0.6) is 0 Å². The van der Waals surface area contributed by atoms with Crippen molar-refractivity contribution >= 4 is 22.7 Å². The molecule has 0 aliphatic rings. The van der Waals surface area contributed by atoms with Gasteiger partial charge in [-0.05, 0) is 72.9 Å². The fourth-order valence-corrected chi connectivity index (χ4v) is 9.13. The zero-order valence-electron chi connectivity index (χ0n) is 34.6. The van der Waals surface area contributed by atoms with Gasteiger partial charge in [-0.1, -0.05) is 130 Å². The molecular formula is C41H75NO6Si2. The number of hydrogen-bond acceptors (Lipinski definition) is 6. The van der Waals surface area contributed by atoms with Crippen molar-refractivity contribution in [3.8, 4) is 0 Å². The summed E-state index contributed by atoms with van der Waals surface area (Å²) in [6, 6.07) is 10.1. The number of nitrogens with two attached hydrogens (primary N) is 1. The molecule has 1 aromatic carbocycles. The number of aliphatic hydroxyl groups is 1. The van der Waals surface area contributed by atoms with Crippen LogP contribution in [0.3, 0.4) is 0 Å². The summed E-state index contributed by atoms with van der Waals surface area (Å²) in [6.07, 6.45) is 5.62. The van der Waals surface area contributed by atoms with E-state index in [1.165, 1.54) is 5.57 Å². The number of allylic oxidation sites excluding steroid dienone is 1. The molecule has 0 fully saturated rings. The number of amides is 1. The normalized spacial score (nSPS) is 18.6. The predicted octanol–water partition coefficient (Wildman–Crippen LogP) is 10.5. The molecule has 0 bridgehead atoms. The molecule has 0 unspecified atom stereocenters. The van der Waals surface area contributed by atoms with Crippen LogP contribution >= 0.6 is 0 Å². The molecule has 3 N–H and O–H groups in total. The molecule has 288 valence electrons. The maximum absolute atomic E-state index is 12.3. The van der Waals surface area contributed by atoms with Crippen LogP contribution in [0.25, 0.3) is 0 Å². The van der Waals surface area contributed by atoms with Crippen LogP contribution in [-0.2, 0) is 24.9 Å². The second kappa shape index (κ2) is 19.9. The number of hydrogen-bond donors (Lipinski definition) is 2. The van der Waals surface area contributed by atoms with Gasteiger partial charge in [0.15, 0.2) is 16.6 Å². The Morgan fingerprint density at radius 2 is 1.34 bits per heavy atom. The average Bonchev–Trinajstić information content (AvgIpc) is 2.98. The second-order valence-electron chi connectivity index (χ2n) is 17.9. The Morgan fingerprint density at radius 1 is 0.820 bits per heavy atom. The second-order valence-corrected chi connectivity index (χ2v) is 27.5. The first-order valence-electron chi connectivity index (χ1n) is 18.7. The van der Waals surface area contributed by atoms with Gasteiger partial charge >= 0.3 is 6.09 Å². The van der Waals surface area contributed by atoms with Crippen LogP contribution in [0.1, 0.15) is 95.1 Å². The Hall–Kier alpha value is -1.76. The Kier molecular flexibility index (Phi) is 18.4. The molecular weight excluding hydrogens is 659 g/mol. The number of ether oxygens (including phenoxy) is 2. The van der Waals surface area contributed by atoms with E-state index in [4.69, 9.17) is 24.1 Å². The van der Waals surface area contributed by atoms with E-state index in [2.05, 4.69) is 121 Å². The molecule has 0 saturated carbocycles. The van der Waals surface area contributed by atoms with Gasteiger partial charge in [0, 0.05) is 11.8 Å². The molecule has 7 nitrogen and oxygen atoms in total. The van der Waals surface area contributed by atoms with Crippen molar-refractivity contribution in [3.05, 3.63) is 59.7 Å². The largest absolute Gasteiger partial charge is 0.446 e. The van der Waals surface area contributed by atoms with Crippen LogP contribution in [0.2, 0.25) is 36.3 Å². The molecule has 9 heteroatoms.